The van der Waals surface area contributed by atoms with Crippen LogP contribution in [0.15, 0.2) is 116 Å². The number of carboxylic acids is 1. The zero-order valence-electron chi connectivity index (χ0n) is 20.8. The van der Waals surface area contributed by atoms with Gasteiger partial charge in [0.15, 0.2) is 5.76 Å². The fraction of sp³-hybridized carbons (Fsp3) is 0.0323. The molecule has 0 spiro atoms. The molecule has 9 heteroatoms. The molecule has 0 fully saturated rings. The Morgan fingerprint density at radius 1 is 1.00 bits per heavy atom. The van der Waals surface area contributed by atoms with Gasteiger partial charge in [0.2, 0.25) is 5.82 Å². The zero-order chi connectivity index (χ0) is 27.6. The quantitative estimate of drug-likeness (QED) is 0.206. The van der Waals surface area contributed by atoms with Gasteiger partial charge in [-0.25, -0.2) is 9.78 Å². The Labute approximate surface area is 235 Å². The van der Waals surface area contributed by atoms with Crippen molar-refractivity contribution in [1.29, 1.82) is 0 Å². The van der Waals surface area contributed by atoms with E-state index >= 15 is 0 Å². The van der Waals surface area contributed by atoms with Crippen molar-refractivity contribution in [3.8, 4) is 17.3 Å². The van der Waals surface area contributed by atoms with E-state index in [0.29, 0.717) is 33.6 Å². The predicted molar refractivity (Wildman–Crippen MR) is 156 cm³/mol. The Morgan fingerprint density at radius 3 is 2.60 bits per heavy atom. The van der Waals surface area contributed by atoms with Crippen LogP contribution < -0.4 is 10.3 Å². The summed E-state index contributed by atoms with van der Waals surface area (Å²) in [6.45, 7) is 0.224. The summed E-state index contributed by atoms with van der Waals surface area (Å²) in [7, 11) is 0. The first-order valence-corrected chi connectivity index (χ1v) is 13.1. The van der Waals surface area contributed by atoms with E-state index in [-0.39, 0.29) is 23.6 Å². The maximum absolute atomic E-state index is 13.6. The molecule has 0 radical (unpaired) electrons. The number of hydrogen-bond donors (Lipinski definition) is 1. The fourth-order valence-electron chi connectivity index (χ4n) is 4.26. The van der Waals surface area contributed by atoms with Gasteiger partial charge in [-0.2, -0.15) is 9.78 Å². The van der Waals surface area contributed by atoms with E-state index in [1.54, 1.807) is 42.6 Å². The lowest BCUT2D eigenvalue weighted by Gasteiger charge is -2.10. The van der Waals surface area contributed by atoms with Gasteiger partial charge in [-0.05, 0) is 66.2 Å². The first kappa shape index (κ1) is 25.3. The van der Waals surface area contributed by atoms with Gasteiger partial charge in [0, 0.05) is 15.4 Å². The molecule has 0 atom stereocenters. The van der Waals surface area contributed by atoms with Crippen molar-refractivity contribution in [3.05, 3.63) is 129 Å². The molecule has 0 unspecified atom stereocenters. The number of carboxylic acid groups (broad SMARTS) is 1. The van der Waals surface area contributed by atoms with Gasteiger partial charge in [0.1, 0.15) is 17.9 Å². The van der Waals surface area contributed by atoms with E-state index < -0.39 is 5.97 Å². The summed E-state index contributed by atoms with van der Waals surface area (Å²) in [6, 6.07) is 28.4. The second kappa shape index (κ2) is 10.6. The molecule has 0 aliphatic rings. The van der Waals surface area contributed by atoms with Crippen LogP contribution in [0.3, 0.4) is 0 Å². The molecule has 0 aliphatic heterocycles. The maximum atomic E-state index is 13.6. The van der Waals surface area contributed by atoms with E-state index in [1.165, 1.54) is 16.8 Å². The van der Waals surface area contributed by atoms with Crippen LogP contribution in [0.2, 0.25) is 0 Å². The maximum Gasteiger partial charge on any atom is 0.335 e. The van der Waals surface area contributed by atoms with Crippen molar-refractivity contribution >= 4 is 50.0 Å². The van der Waals surface area contributed by atoms with Crippen molar-refractivity contribution in [2.75, 3.05) is 0 Å². The second-order valence-corrected chi connectivity index (χ2v) is 9.85. The molecule has 0 aliphatic carbocycles. The molecule has 0 saturated heterocycles. The average molecular weight is 594 g/mol. The minimum Gasteiger partial charge on any atom is -0.488 e. The van der Waals surface area contributed by atoms with Crippen LogP contribution in [-0.4, -0.2) is 27.0 Å². The minimum absolute atomic E-state index is 0.207. The van der Waals surface area contributed by atoms with Gasteiger partial charge in [-0.15, -0.1) is 0 Å². The molecule has 2 aromatic heterocycles. The minimum atomic E-state index is -0.984. The van der Waals surface area contributed by atoms with E-state index in [0.717, 1.165) is 15.4 Å². The standard InChI is InChI=1S/C31H20BrN3O5/c32-23-13-14-27-22(15-23)16-28(40-27)29-34-25-7-3-2-6-24(25)30(36)35(29)33-17-21-5-1-4-8-26(21)39-18-19-9-11-20(12-10-19)31(37)38/h1-17H,18H2,(H,37,38). The van der Waals surface area contributed by atoms with Crippen LogP contribution in [0.1, 0.15) is 21.5 Å². The number of fused-ring (bicyclic) bond motifs is 2. The fourth-order valence-corrected chi connectivity index (χ4v) is 4.64. The zero-order valence-corrected chi connectivity index (χ0v) is 22.4. The molecular formula is C31H20BrN3O5. The molecule has 0 bridgehead atoms. The number of furan rings is 1. The molecule has 4 aromatic carbocycles. The molecule has 1 N–H and O–H groups in total. The topological polar surface area (TPSA) is 107 Å². The number of ether oxygens (including phenoxy) is 1. The van der Waals surface area contributed by atoms with Crippen LogP contribution in [-0.2, 0) is 6.61 Å². The molecule has 6 rings (SSSR count). The Hall–Kier alpha value is -5.02. The van der Waals surface area contributed by atoms with Crippen molar-refractivity contribution < 1.29 is 19.1 Å². The highest BCUT2D eigenvalue weighted by atomic mass is 79.9. The first-order chi connectivity index (χ1) is 19.5. The number of rotatable bonds is 7. The Kier molecular flexibility index (Phi) is 6.71. The summed E-state index contributed by atoms with van der Waals surface area (Å²) in [5.74, 6) is 0.236. The summed E-state index contributed by atoms with van der Waals surface area (Å²) >= 11 is 3.48. The highest BCUT2D eigenvalue weighted by molar-refractivity contribution is 9.10. The van der Waals surface area contributed by atoms with E-state index in [1.807, 2.05) is 48.5 Å². The lowest BCUT2D eigenvalue weighted by molar-refractivity contribution is 0.0697. The van der Waals surface area contributed by atoms with E-state index in [4.69, 9.17) is 19.2 Å². The van der Waals surface area contributed by atoms with Crippen LogP contribution >= 0.6 is 15.9 Å². The van der Waals surface area contributed by atoms with Crippen molar-refractivity contribution in [3.63, 3.8) is 0 Å². The lowest BCUT2D eigenvalue weighted by Crippen LogP contribution is -2.20. The Balaban J connectivity index is 1.38. The smallest absolute Gasteiger partial charge is 0.335 e. The van der Waals surface area contributed by atoms with Gasteiger partial charge in [0.05, 0.1) is 22.7 Å². The number of aromatic nitrogens is 2. The summed E-state index contributed by atoms with van der Waals surface area (Å²) < 4.78 is 14.2. The van der Waals surface area contributed by atoms with Crippen LogP contribution in [0.5, 0.6) is 5.75 Å². The number of benzene rings is 4. The normalized spacial score (nSPS) is 11.4. The summed E-state index contributed by atoms with van der Waals surface area (Å²) in [5.41, 5.74) is 2.52. The average Bonchev–Trinajstić information content (AvgIpc) is 3.39. The van der Waals surface area contributed by atoms with Gasteiger partial charge >= 0.3 is 5.97 Å². The van der Waals surface area contributed by atoms with E-state index in [2.05, 4.69) is 21.0 Å². The molecule has 8 nitrogen and oxygen atoms in total. The van der Waals surface area contributed by atoms with Crippen LogP contribution in [0.25, 0.3) is 33.5 Å². The monoisotopic (exact) mass is 593 g/mol. The number of hydrogen-bond acceptors (Lipinski definition) is 6. The number of carbonyl (C=O) groups is 1. The lowest BCUT2D eigenvalue weighted by atomic mass is 10.1. The van der Waals surface area contributed by atoms with Crippen molar-refractivity contribution in [2.24, 2.45) is 5.10 Å². The third-order valence-corrected chi connectivity index (χ3v) is 6.77. The second-order valence-electron chi connectivity index (χ2n) is 8.94. The van der Waals surface area contributed by atoms with Crippen LogP contribution in [0.4, 0.5) is 0 Å². The molecule has 40 heavy (non-hydrogen) atoms. The highest BCUT2D eigenvalue weighted by Gasteiger charge is 2.17. The number of halogens is 1. The molecular weight excluding hydrogens is 574 g/mol. The van der Waals surface area contributed by atoms with Gasteiger partial charge in [-0.1, -0.05) is 52.3 Å². The summed E-state index contributed by atoms with van der Waals surface area (Å²) in [4.78, 5) is 29.4. The summed E-state index contributed by atoms with van der Waals surface area (Å²) in [6.07, 6.45) is 1.55. The number of aromatic carboxylic acids is 1. The first-order valence-electron chi connectivity index (χ1n) is 12.3. The molecule has 196 valence electrons. The Morgan fingerprint density at radius 2 is 1.77 bits per heavy atom. The highest BCUT2D eigenvalue weighted by Crippen LogP contribution is 2.29. The van der Waals surface area contributed by atoms with Crippen molar-refractivity contribution in [1.82, 2.24) is 9.66 Å². The number of nitrogens with zero attached hydrogens (tertiary/aromatic N) is 3. The molecule has 6 aromatic rings. The summed E-state index contributed by atoms with van der Waals surface area (Å²) in [5, 5.41) is 14.9. The third kappa shape index (κ3) is 5.02. The number of para-hydroxylation sites is 2. The van der Waals surface area contributed by atoms with Gasteiger partial charge in [0.25, 0.3) is 5.56 Å². The van der Waals surface area contributed by atoms with Gasteiger partial charge in [-0.3, -0.25) is 4.79 Å². The third-order valence-electron chi connectivity index (χ3n) is 6.28. The van der Waals surface area contributed by atoms with E-state index in [9.17, 15) is 9.59 Å². The molecule has 0 saturated carbocycles. The van der Waals surface area contributed by atoms with Gasteiger partial charge < -0.3 is 14.3 Å². The Bertz CT molecular complexity index is 1980. The molecule has 2 heterocycles. The van der Waals surface area contributed by atoms with Crippen LogP contribution in [0, 0.1) is 0 Å². The predicted octanol–water partition coefficient (Wildman–Crippen LogP) is 6.73. The SMILES string of the molecule is O=C(O)c1ccc(COc2ccccc2C=Nn2c(-c3cc4cc(Br)ccc4o3)nc3ccccc3c2=O)cc1. The largest absolute Gasteiger partial charge is 0.488 e. The van der Waals surface area contributed by atoms with Crippen molar-refractivity contribution in [2.45, 2.75) is 6.61 Å². The molecule has 0 amide bonds.